The van der Waals surface area contributed by atoms with E-state index >= 15 is 0 Å². The van der Waals surface area contributed by atoms with E-state index in [0.717, 1.165) is 53.8 Å². The number of amides is 1. The van der Waals surface area contributed by atoms with Gasteiger partial charge in [-0.15, -0.1) is 0 Å². The van der Waals surface area contributed by atoms with Crippen LogP contribution in [-0.2, 0) is 19.7 Å². The van der Waals surface area contributed by atoms with Gasteiger partial charge in [0.15, 0.2) is 5.76 Å². The average molecular weight is 499 g/mol. The summed E-state index contributed by atoms with van der Waals surface area (Å²) in [7, 11) is 0. The zero-order valence-corrected chi connectivity index (χ0v) is 22.1. The molecule has 0 saturated carbocycles. The number of carbonyl (C=O) groups is 1. The van der Waals surface area contributed by atoms with Crippen molar-refractivity contribution in [2.45, 2.75) is 60.2 Å². The molecule has 3 heterocycles. The molecule has 35 heavy (non-hydrogen) atoms. The van der Waals surface area contributed by atoms with Gasteiger partial charge < -0.3 is 14.1 Å². The monoisotopic (exact) mass is 498 g/mol. The van der Waals surface area contributed by atoms with E-state index in [9.17, 15) is 4.79 Å². The second-order valence-corrected chi connectivity index (χ2v) is 9.92. The van der Waals surface area contributed by atoms with Crippen LogP contribution in [0.2, 0.25) is 5.02 Å². The number of hydrogen-bond acceptors (Lipinski definition) is 5. The number of carbonyl (C=O) groups excluding carboxylic acids is 1. The van der Waals surface area contributed by atoms with Gasteiger partial charge >= 0.3 is 0 Å². The van der Waals surface area contributed by atoms with Crippen molar-refractivity contribution in [2.24, 2.45) is 0 Å². The second kappa shape index (κ2) is 10.9. The summed E-state index contributed by atoms with van der Waals surface area (Å²) in [6.07, 6.45) is 2.12. The van der Waals surface area contributed by atoms with Gasteiger partial charge in [0.2, 0.25) is 0 Å². The Morgan fingerprint density at radius 1 is 1.17 bits per heavy atom. The van der Waals surface area contributed by atoms with Crippen LogP contribution in [0, 0.1) is 13.8 Å². The molecule has 1 aliphatic rings. The van der Waals surface area contributed by atoms with Crippen LogP contribution in [0.15, 0.2) is 34.9 Å². The van der Waals surface area contributed by atoms with E-state index in [1.807, 2.05) is 34.7 Å². The number of nitrogens with zero attached hydrogens (tertiary/aromatic N) is 4. The maximum absolute atomic E-state index is 13.0. The highest BCUT2D eigenvalue weighted by atomic mass is 35.5. The predicted octanol–water partition coefficient (Wildman–Crippen LogP) is 5.43. The quantitative estimate of drug-likeness (QED) is 0.414. The number of halogens is 1. The molecule has 3 aromatic rings. The van der Waals surface area contributed by atoms with E-state index in [0.29, 0.717) is 24.6 Å². The first-order valence-corrected chi connectivity index (χ1v) is 12.7. The van der Waals surface area contributed by atoms with Crippen molar-refractivity contribution in [1.29, 1.82) is 0 Å². The molecule has 7 nitrogen and oxygen atoms in total. The summed E-state index contributed by atoms with van der Waals surface area (Å²) in [5.41, 5.74) is 4.34. The van der Waals surface area contributed by atoms with Crippen LogP contribution >= 0.6 is 11.6 Å². The summed E-state index contributed by atoms with van der Waals surface area (Å²) in [6.45, 7) is 15.3. The summed E-state index contributed by atoms with van der Waals surface area (Å²) < 4.78 is 13.9. The third-order valence-corrected chi connectivity index (χ3v) is 6.99. The summed E-state index contributed by atoms with van der Waals surface area (Å²) in [5.74, 6) is 1.98. The minimum atomic E-state index is -0.0731. The molecule has 0 aliphatic carbocycles. The SMILES string of the molecule is CCn1cc(CN2CCN(C(=O)c3ccc(COc4cc(C)c(Cl)cc4C(C)C)o3)CC2)c(C)n1. The van der Waals surface area contributed by atoms with Crippen molar-refractivity contribution < 1.29 is 13.9 Å². The molecular formula is C27H35ClN4O3. The van der Waals surface area contributed by atoms with Crippen LogP contribution < -0.4 is 4.74 Å². The number of hydrogen-bond donors (Lipinski definition) is 0. The number of ether oxygens (including phenoxy) is 1. The van der Waals surface area contributed by atoms with Gasteiger partial charge in [-0.2, -0.15) is 5.10 Å². The summed E-state index contributed by atoms with van der Waals surface area (Å²) in [5, 5.41) is 5.27. The third-order valence-electron chi connectivity index (χ3n) is 6.58. The van der Waals surface area contributed by atoms with Crippen molar-refractivity contribution in [1.82, 2.24) is 19.6 Å². The molecular weight excluding hydrogens is 464 g/mol. The van der Waals surface area contributed by atoms with Crippen LogP contribution in [0.25, 0.3) is 0 Å². The molecule has 188 valence electrons. The number of aryl methyl sites for hydroxylation is 3. The van der Waals surface area contributed by atoms with Gasteiger partial charge in [0.05, 0.1) is 5.69 Å². The third kappa shape index (κ3) is 5.90. The van der Waals surface area contributed by atoms with Gasteiger partial charge in [0.1, 0.15) is 18.1 Å². The first-order chi connectivity index (χ1) is 16.7. The highest BCUT2D eigenvalue weighted by Gasteiger charge is 2.25. The Morgan fingerprint density at radius 3 is 2.57 bits per heavy atom. The molecule has 0 radical (unpaired) electrons. The van der Waals surface area contributed by atoms with Crippen molar-refractivity contribution >= 4 is 17.5 Å². The highest BCUT2D eigenvalue weighted by Crippen LogP contribution is 2.32. The van der Waals surface area contributed by atoms with Crippen LogP contribution in [-0.4, -0.2) is 51.7 Å². The Morgan fingerprint density at radius 2 is 1.91 bits per heavy atom. The predicted molar refractivity (Wildman–Crippen MR) is 137 cm³/mol. The molecule has 0 atom stereocenters. The van der Waals surface area contributed by atoms with Crippen molar-refractivity contribution in [2.75, 3.05) is 26.2 Å². The lowest BCUT2D eigenvalue weighted by Crippen LogP contribution is -2.48. The van der Waals surface area contributed by atoms with E-state index in [-0.39, 0.29) is 18.4 Å². The van der Waals surface area contributed by atoms with Crippen LogP contribution in [0.4, 0.5) is 0 Å². The second-order valence-electron chi connectivity index (χ2n) is 9.51. The lowest BCUT2D eigenvalue weighted by Gasteiger charge is -2.34. The molecule has 1 fully saturated rings. The Labute approximate surface area is 212 Å². The minimum absolute atomic E-state index is 0.0731. The van der Waals surface area contributed by atoms with Gasteiger partial charge in [0.25, 0.3) is 5.91 Å². The largest absolute Gasteiger partial charge is 0.485 e. The first-order valence-electron chi connectivity index (χ1n) is 12.3. The van der Waals surface area contributed by atoms with Gasteiger partial charge in [0, 0.05) is 56.1 Å². The molecule has 1 aromatic carbocycles. The normalized spacial score (nSPS) is 14.7. The molecule has 1 saturated heterocycles. The lowest BCUT2D eigenvalue weighted by atomic mass is 10.0. The molecule has 2 aromatic heterocycles. The fourth-order valence-corrected chi connectivity index (χ4v) is 4.52. The minimum Gasteiger partial charge on any atom is -0.485 e. The summed E-state index contributed by atoms with van der Waals surface area (Å²) in [6, 6.07) is 7.48. The molecule has 8 heteroatoms. The van der Waals surface area contributed by atoms with E-state index in [2.05, 4.69) is 43.9 Å². The van der Waals surface area contributed by atoms with E-state index < -0.39 is 0 Å². The van der Waals surface area contributed by atoms with Gasteiger partial charge in [-0.25, -0.2) is 0 Å². The Bertz CT molecular complexity index is 1180. The maximum Gasteiger partial charge on any atom is 0.289 e. The molecule has 1 aliphatic heterocycles. The highest BCUT2D eigenvalue weighted by molar-refractivity contribution is 6.31. The number of benzene rings is 1. The topological polar surface area (TPSA) is 63.7 Å². The standard InChI is InChI=1S/C27H35ClN4O3/c1-6-32-16-21(20(5)29-32)15-30-9-11-31(12-10-30)27(33)25-8-7-22(35-25)17-34-26-13-19(4)24(28)14-23(26)18(2)3/h7-8,13-14,16,18H,6,9-12,15,17H2,1-5H3. The first kappa shape index (κ1) is 25.3. The van der Waals surface area contributed by atoms with Crippen LogP contribution in [0.5, 0.6) is 5.75 Å². The summed E-state index contributed by atoms with van der Waals surface area (Å²) >= 11 is 6.30. The maximum atomic E-state index is 13.0. The van der Waals surface area contributed by atoms with Crippen molar-refractivity contribution in [3.8, 4) is 5.75 Å². The summed E-state index contributed by atoms with van der Waals surface area (Å²) in [4.78, 5) is 17.3. The van der Waals surface area contributed by atoms with Crippen molar-refractivity contribution in [3.63, 3.8) is 0 Å². The van der Waals surface area contributed by atoms with Gasteiger partial charge in [-0.3, -0.25) is 14.4 Å². The Hall–Kier alpha value is -2.77. The smallest absolute Gasteiger partial charge is 0.289 e. The number of rotatable bonds is 8. The lowest BCUT2D eigenvalue weighted by molar-refractivity contribution is 0.0594. The van der Waals surface area contributed by atoms with Crippen molar-refractivity contribution in [3.05, 3.63) is 69.4 Å². The average Bonchev–Trinajstić information content (AvgIpc) is 3.46. The van der Waals surface area contributed by atoms with Crippen LogP contribution in [0.3, 0.4) is 0 Å². The molecule has 0 unspecified atom stereocenters. The number of furan rings is 1. The Kier molecular flexibility index (Phi) is 7.87. The molecule has 4 rings (SSSR count). The van der Waals surface area contributed by atoms with Crippen LogP contribution in [0.1, 0.15) is 65.4 Å². The number of aromatic nitrogens is 2. The number of piperazine rings is 1. The molecule has 0 bridgehead atoms. The Balaban J connectivity index is 1.32. The fraction of sp³-hybridized carbons (Fsp3) is 0.481. The zero-order chi connectivity index (χ0) is 25.1. The fourth-order valence-electron chi connectivity index (χ4n) is 4.35. The van der Waals surface area contributed by atoms with Gasteiger partial charge in [-0.05, 0) is 62.1 Å². The van der Waals surface area contributed by atoms with E-state index in [4.69, 9.17) is 20.8 Å². The van der Waals surface area contributed by atoms with E-state index in [1.54, 1.807) is 6.07 Å². The van der Waals surface area contributed by atoms with E-state index in [1.165, 1.54) is 5.56 Å². The molecule has 0 N–H and O–H groups in total. The zero-order valence-electron chi connectivity index (χ0n) is 21.3. The molecule has 1 amide bonds. The molecule has 0 spiro atoms. The van der Waals surface area contributed by atoms with Gasteiger partial charge in [-0.1, -0.05) is 25.4 Å².